The summed E-state index contributed by atoms with van der Waals surface area (Å²) in [4.78, 5) is 10.4. The maximum atomic E-state index is 2.69. The normalized spacial score (nSPS) is 13.5. The van der Waals surface area contributed by atoms with E-state index in [1.165, 1.54) is 118 Å². The molecule has 0 atom stereocenters. The molecule has 0 N–H and O–H groups in total. The Morgan fingerprint density at radius 2 is 0.511 bits per heavy atom. The maximum absolute atomic E-state index is 2.69. The Morgan fingerprint density at radius 1 is 0.228 bits per heavy atom. The van der Waals surface area contributed by atoms with Gasteiger partial charge in [-0.1, -0.05) is 188 Å². The van der Waals surface area contributed by atoms with Gasteiger partial charge in [0.2, 0.25) is 0 Å². The van der Waals surface area contributed by atoms with Crippen molar-refractivity contribution in [3.8, 4) is 11.4 Å². The summed E-state index contributed by atoms with van der Waals surface area (Å²) in [6.07, 6.45) is 0. The van der Waals surface area contributed by atoms with E-state index in [1.54, 1.807) is 0 Å². The van der Waals surface area contributed by atoms with Crippen LogP contribution in [0.15, 0.2) is 303 Å². The van der Waals surface area contributed by atoms with Crippen molar-refractivity contribution in [2.45, 2.75) is 0 Å². The third-order valence-corrected chi connectivity index (χ3v) is 22.4. The predicted molar refractivity (Wildman–Crippen MR) is 394 cm³/mol. The van der Waals surface area contributed by atoms with Crippen molar-refractivity contribution in [2.24, 2.45) is 0 Å². The van der Waals surface area contributed by atoms with E-state index in [4.69, 9.17) is 0 Å². The average molecular weight is 1210 g/mol. The third kappa shape index (κ3) is 6.89. The average Bonchev–Trinajstić information content (AvgIpc) is 1.16. The lowest BCUT2D eigenvalue weighted by molar-refractivity contribution is 1.16. The minimum atomic E-state index is -0.144. The molecule has 10 heteroatoms. The maximum Gasteiger partial charge on any atom is 0.264 e. The lowest BCUT2D eigenvalue weighted by atomic mass is 9.32. The highest BCUT2D eigenvalue weighted by atomic mass is 32.1. The van der Waals surface area contributed by atoms with Gasteiger partial charge in [-0.25, -0.2) is 0 Å². The second kappa shape index (κ2) is 19.1. The summed E-state index contributed by atoms with van der Waals surface area (Å²) < 4.78 is 10.3. The van der Waals surface area contributed by atoms with Crippen LogP contribution in [0.3, 0.4) is 0 Å². The molecule has 4 aliphatic heterocycles. The fourth-order valence-corrected chi connectivity index (χ4v) is 19.0. The third-order valence-electron chi connectivity index (χ3n) is 20.0. The molecule has 13 aromatic carbocycles. The van der Waals surface area contributed by atoms with Gasteiger partial charge in [0.1, 0.15) is 0 Å². The highest BCUT2D eigenvalue weighted by molar-refractivity contribution is 7.35. The van der Waals surface area contributed by atoms with Gasteiger partial charge in [-0.2, -0.15) is 0 Å². The minimum Gasteiger partial charge on any atom is -0.311 e. The number of fused-ring (bicyclic) bond motifs is 18. The molecule has 0 radical (unpaired) electrons. The van der Waals surface area contributed by atoms with Gasteiger partial charge in [0.25, 0.3) is 13.4 Å². The first-order chi connectivity index (χ1) is 45.7. The second-order valence-corrected chi connectivity index (χ2v) is 26.8. The number of para-hydroxylation sites is 8. The van der Waals surface area contributed by atoms with Crippen LogP contribution >= 0.6 is 22.7 Å². The van der Waals surface area contributed by atoms with Gasteiger partial charge in [0.15, 0.2) is 0 Å². The van der Waals surface area contributed by atoms with Crippen molar-refractivity contribution in [3.63, 3.8) is 0 Å². The van der Waals surface area contributed by atoms with E-state index in [9.17, 15) is 0 Å². The number of aromatic nitrogens is 2. The van der Waals surface area contributed by atoms with Crippen molar-refractivity contribution in [1.82, 2.24) is 9.13 Å². The molecule has 6 nitrogen and oxygen atoms in total. The quantitative estimate of drug-likeness (QED) is 0.155. The van der Waals surface area contributed by atoms with Gasteiger partial charge in [0.05, 0.1) is 44.8 Å². The van der Waals surface area contributed by atoms with E-state index in [-0.39, 0.29) is 13.4 Å². The molecule has 0 saturated heterocycles. The van der Waals surface area contributed by atoms with Crippen LogP contribution in [0.5, 0.6) is 0 Å². The van der Waals surface area contributed by atoms with Crippen molar-refractivity contribution >= 4 is 200 Å². The molecule has 0 saturated carbocycles. The fraction of sp³-hybridized carbons (Fsp3) is 0. The minimum absolute atomic E-state index is 0.144. The zero-order valence-electron chi connectivity index (χ0n) is 49.5. The summed E-state index contributed by atoms with van der Waals surface area (Å²) >= 11 is 3.91. The number of nitrogens with zero attached hydrogens (tertiary/aromatic N) is 6. The topological polar surface area (TPSA) is 22.8 Å². The predicted octanol–water partition coefficient (Wildman–Crippen LogP) is 18.5. The molecule has 0 fully saturated rings. The molecule has 0 bridgehead atoms. The number of hydrogen-bond donors (Lipinski definition) is 0. The Kier molecular flexibility index (Phi) is 10.5. The Balaban J connectivity index is 0.921. The van der Waals surface area contributed by atoms with Crippen molar-refractivity contribution in [1.29, 1.82) is 0 Å². The molecular weight excluding hydrogens is 1150 g/mol. The van der Waals surface area contributed by atoms with Crippen LogP contribution < -0.4 is 51.0 Å². The molecule has 8 heterocycles. The number of hydrogen-bond acceptors (Lipinski definition) is 6. The first-order valence-electron chi connectivity index (χ1n) is 31.6. The Labute approximate surface area is 539 Å². The van der Waals surface area contributed by atoms with Crippen LogP contribution in [0, 0.1) is 0 Å². The highest BCUT2D eigenvalue weighted by Gasteiger charge is 2.50. The summed E-state index contributed by atoms with van der Waals surface area (Å²) in [5.74, 6) is 0. The van der Waals surface area contributed by atoms with E-state index >= 15 is 0 Å². The zero-order chi connectivity index (χ0) is 59.9. The second-order valence-electron chi connectivity index (χ2n) is 24.7. The molecule has 0 unspecified atom stereocenters. The summed E-state index contributed by atoms with van der Waals surface area (Å²) in [7, 11) is 0. The summed E-state index contributed by atoms with van der Waals surface area (Å²) in [6.45, 7) is -0.287. The van der Waals surface area contributed by atoms with Gasteiger partial charge in [-0.3, -0.25) is 0 Å². The van der Waals surface area contributed by atoms with Gasteiger partial charge >= 0.3 is 0 Å². The van der Waals surface area contributed by atoms with Crippen LogP contribution in [0.4, 0.5) is 68.2 Å². The first-order valence-corrected chi connectivity index (χ1v) is 33.3. The number of benzene rings is 13. The van der Waals surface area contributed by atoms with E-state index in [1.807, 2.05) is 22.7 Å². The lowest BCUT2D eigenvalue weighted by Crippen LogP contribution is -2.64. The summed E-state index contributed by atoms with van der Waals surface area (Å²) in [5.41, 5.74) is 26.0. The monoisotopic (exact) mass is 1200 g/mol. The van der Waals surface area contributed by atoms with Crippen LogP contribution in [-0.2, 0) is 0 Å². The van der Waals surface area contributed by atoms with Crippen LogP contribution in [0.25, 0.3) is 75.2 Å². The van der Waals surface area contributed by atoms with Crippen LogP contribution in [0.2, 0.25) is 0 Å². The number of anilines is 12. The Bertz CT molecular complexity index is 5490. The van der Waals surface area contributed by atoms with Crippen molar-refractivity contribution in [2.75, 3.05) is 19.6 Å². The molecule has 21 rings (SSSR count). The molecule has 0 aliphatic carbocycles. The van der Waals surface area contributed by atoms with E-state index in [0.717, 1.165) is 56.9 Å². The smallest absolute Gasteiger partial charge is 0.264 e. The molecule has 0 amide bonds. The SMILES string of the molecule is c1ccc(N2c3cc4c(cc3B3c5sc6ccccc6c5N(c5ccccc5)c5cc(-n6c7ccccc7c7ccccc76)cc2c53)B2c3sc5ccccc5c3N(c3ccccc3)c3cc(-n5c6ccccc6c6ccccc65)cc(c32)N4c2ccccc2)cc1. The number of rotatable bonds is 6. The van der Waals surface area contributed by atoms with Gasteiger partial charge < -0.3 is 28.7 Å². The standard InChI is InChI=1S/C82H50B2N6S2/c1-5-25-51(26-6-1)85-69-50-70-64(49-63(69)83-77-71(85)45-55(87-65-39-19-13-33-57(65)58-34-14-20-40-66(58)87)47-73(77)89(53-29-9-3-10-30-53)79-61-37-17-23-43-75(61)91-81(79)83)84-78-72(86(70)52-27-7-2-8-28-52)46-56(88-67-41-21-15-35-59(67)60-36-16-22-42-68(60)88)48-74(78)90(54-31-11-4-12-32-54)80-62-38-18-24-44-76(62)92-82(80)84/h1-50H. The van der Waals surface area contributed by atoms with Crippen LogP contribution in [0.1, 0.15) is 0 Å². The molecule has 17 aromatic rings. The summed E-state index contributed by atoms with van der Waals surface area (Å²) in [6, 6.07) is 114. The molecule has 4 aliphatic rings. The van der Waals surface area contributed by atoms with Crippen molar-refractivity contribution < 1.29 is 0 Å². The highest BCUT2D eigenvalue weighted by Crippen LogP contribution is 2.53. The summed E-state index contributed by atoms with van der Waals surface area (Å²) in [5, 5.41) is 7.45. The van der Waals surface area contributed by atoms with Crippen LogP contribution in [-0.4, -0.2) is 22.6 Å². The lowest BCUT2D eigenvalue weighted by Gasteiger charge is -2.46. The zero-order valence-corrected chi connectivity index (χ0v) is 51.2. The molecular formula is C82H50B2N6S2. The molecule has 92 heavy (non-hydrogen) atoms. The number of thiophene rings is 2. The van der Waals surface area contributed by atoms with E-state index < -0.39 is 0 Å². The molecule has 4 aromatic heterocycles. The van der Waals surface area contributed by atoms with Gasteiger partial charge in [-0.05, 0) is 137 Å². The first kappa shape index (κ1) is 50.6. The van der Waals surface area contributed by atoms with Gasteiger partial charge in [0, 0.05) is 108 Å². The largest absolute Gasteiger partial charge is 0.311 e. The van der Waals surface area contributed by atoms with E-state index in [2.05, 4.69) is 332 Å². The van der Waals surface area contributed by atoms with Gasteiger partial charge in [-0.15, -0.1) is 22.7 Å². The van der Waals surface area contributed by atoms with E-state index in [0.29, 0.717) is 0 Å². The Morgan fingerprint density at radius 3 is 0.859 bits per heavy atom. The molecule has 426 valence electrons. The molecule has 0 spiro atoms. The fourth-order valence-electron chi connectivity index (χ4n) is 16.4. The Hall–Kier alpha value is -11.3. The van der Waals surface area contributed by atoms with Crippen molar-refractivity contribution in [3.05, 3.63) is 303 Å².